The maximum atomic E-state index is 12.6. The van der Waals surface area contributed by atoms with Crippen molar-refractivity contribution in [3.63, 3.8) is 0 Å². The van der Waals surface area contributed by atoms with Crippen LogP contribution >= 0.6 is 0 Å². The van der Waals surface area contributed by atoms with Crippen LogP contribution in [0.15, 0.2) is 71.6 Å². The van der Waals surface area contributed by atoms with Crippen LogP contribution in [-0.4, -0.2) is 24.7 Å². The summed E-state index contributed by atoms with van der Waals surface area (Å²) < 4.78 is 23.6. The van der Waals surface area contributed by atoms with Gasteiger partial charge in [-0.1, -0.05) is 60.7 Å². The number of hydrogen-bond donors (Lipinski definition) is 1. The zero-order valence-corrected chi connectivity index (χ0v) is 13.3. The van der Waals surface area contributed by atoms with E-state index in [0.29, 0.717) is 10.9 Å². The molecule has 0 saturated carbocycles. The minimum Gasteiger partial charge on any atom is -0.361 e. The molecule has 0 spiro atoms. The lowest BCUT2D eigenvalue weighted by Gasteiger charge is -2.05. The van der Waals surface area contributed by atoms with Gasteiger partial charge in [0.25, 0.3) is 5.78 Å². The molecular formula is C18H12N2O3S. The van der Waals surface area contributed by atoms with Crippen LogP contribution in [0.2, 0.25) is 0 Å². The molecular weight excluding hydrogens is 324 g/mol. The summed E-state index contributed by atoms with van der Waals surface area (Å²) in [6.45, 7) is 0. The van der Waals surface area contributed by atoms with Crippen molar-refractivity contribution in [2.75, 3.05) is 0 Å². The van der Waals surface area contributed by atoms with Gasteiger partial charge in [-0.3, -0.25) is 4.79 Å². The van der Waals surface area contributed by atoms with Crippen LogP contribution in [0.5, 0.6) is 0 Å². The van der Waals surface area contributed by atoms with E-state index in [9.17, 15) is 18.7 Å². The molecule has 6 heteroatoms. The number of rotatable bonds is 4. The fourth-order valence-corrected chi connectivity index (χ4v) is 3.37. The fourth-order valence-electron chi connectivity index (χ4n) is 2.59. The van der Waals surface area contributed by atoms with Crippen molar-refractivity contribution in [3.05, 3.63) is 83.4 Å². The molecule has 3 aromatic carbocycles. The number of Topliss-reactive ketones (excluding diaryl/α,β-unsaturated/α-hetero) is 1. The van der Waals surface area contributed by atoms with Crippen LogP contribution in [0.3, 0.4) is 0 Å². The summed E-state index contributed by atoms with van der Waals surface area (Å²) in [5.74, 6) is -0.550. The first-order valence-corrected chi connectivity index (χ1v) is 8.29. The molecule has 3 aromatic rings. The average molecular weight is 336 g/mol. The summed E-state index contributed by atoms with van der Waals surface area (Å²) in [4.78, 5) is 15.7. The Bertz CT molecular complexity index is 1060. The third-order valence-electron chi connectivity index (χ3n) is 3.69. The Morgan fingerprint density at radius 3 is 2.21 bits per heavy atom. The van der Waals surface area contributed by atoms with E-state index in [1.807, 2.05) is 0 Å². The second kappa shape index (κ2) is 6.58. The van der Waals surface area contributed by atoms with Crippen molar-refractivity contribution in [1.82, 2.24) is 0 Å². The number of carbonyl (C=O) groups excluding carboxylic acids is 1. The second-order valence-corrected chi connectivity index (χ2v) is 6.05. The highest BCUT2D eigenvalue weighted by Gasteiger charge is 2.28. The van der Waals surface area contributed by atoms with E-state index in [0.717, 1.165) is 5.39 Å². The molecule has 0 radical (unpaired) electrons. The largest absolute Gasteiger partial charge is 0.371 e. The lowest BCUT2D eigenvalue weighted by atomic mass is 9.98. The van der Waals surface area contributed by atoms with Crippen LogP contribution in [-0.2, 0) is 10.7 Å². The Balaban J connectivity index is 2.26. The standard InChI is InChI=1S/C18H12N2O3S/c19-20-16(17(21)13-7-2-1-3-8-13)15-11-10-12-6-4-5-9-14(12)18(15)24(22)23/h1-11,24H. The van der Waals surface area contributed by atoms with E-state index >= 15 is 0 Å². The Morgan fingerprint density at radius 2 is 1.54 bits per heavy atom. The Kier molecular flexibility index (Phi) is 4.33. The number of fused-ring (bicyclic) bond motifs is 1. The van der Waals surface area contributed by atoms with Gasteiger partial charge in [0.1, 0.15) is 0 Å². The van der Waals surface area contributed by atoms with Gasteiger partial charge in [-0.2, -0.15) is 4.79 Å². The number of thiol groups is 1. The summed E-state index contributed by atoms with van der Waals surface area (Å²) in [5, 5.41) is 1.20. The lowest BCUT2D eigenvalue weighted by molar-refractivity contribution is -0.00516. The molecule has 118 valence electrons. The molecule has 0 atom stereocenters. The number of ketones is 1. The van der Waals surface area contributed by atoms with Crippen molar-refractivity contribution in [3.8, 4) is 0 Å². The van der Waals surface area contributed by atoms with E-state index in [1.165, 1.54) is 6.07 Å². The molecule has 0 aliphatic rings. The smallest absolute Gasteiger partial charge is 0.361 e. The Hall–Kier alpha value is -3.08. The molecule has 3 rings (SSSR count). The molecule has 0 amide bonds. The van der Waals surface area contributed by atoms with Crippen molar-refractivity contribution < 1.29 is 18.0 Å². The summed E-state index contributed by atoms with van der Waals surface area (Å²) in [5.41, 5.74) is 9.45. The van der Waals surface area contributed by atoms with Crippen molar-refractivity contribution in [2.45, 2.75) is 4.90 Å². The molecule has 0 N–H and O–H groups in total. The van der Waals surface area contributed by atoms with Crippen LogP contribution < -0.4 is 0 Å². The summed E-state index contributed by atoms with van der Waals surface area (Å²) >= 11 is 0. The van der Waals surface area contributed by atoms with E-state index in [1.54, 1.807) is 60.7 Å². The summed E-state index contributed by atoms with van der Waals surface area (Å²) in [6, 6.07) is 18.4. The Morgan fingerprint density at radius 1 is 0.875 bits per heavy atom. The first-order chi connectivity index (χ1) is 11.6. The summed E-state index contributed by atoms with van der Waals surface area (Å²) in [6.07, 6.45) is 0. The molecule has 0 bridgehead atoms. The Labute approximate surface area is 139 Å². The molecule has 0 unspecified atom stereocenters. The average Bonchev–Trinajstić information content (AvgIpc) is 2.62. The van der Waals surface area contributed by atoms with Crippen molar-refractivity contribution >= 4 is 33.0 Å². The number of hydrogen-bond acceptors (Lipinski definition) is 3. The van der Waals surface area contributed by atoms with Crippen molar-refractivity contribution in [2.24, 2.45) is 0 Å². The fraction of sp³-hybridized carbons (Fsp3) is 0. The molecule has 24 heavy (non-hydrogen) atoms. The van der Waals surface area contributed by atoms with Crippen LogP contribution in [0.25, 0.3) is 16.3 Å². The molecule has 0 aliphatic carbocycles. The van der Waals surface area contributed by atoms with E-state index in [2.05, 4.69) is 4.79 Å². The van der Waals surface area contributed by atoms with Gasteiger partial charge < -0.3 is 5.53 Å². The van der Waals surface area contributed by atoms with Gasteiger partial charge in [0.15, 0.2) is 10.7 Å². The third-order valence-corrected chi connectivity index (χ3v) is 4.54. The highest BCUT2D eigenvalue weighted by molar-refractivity contribution is 7.72. The SMILES string of the molecule is [N-]=[N+]=C(C(=O)c1ccccc1)c1ccc2ccccc2c1[SH](=O)=O. The molecule has 0 fully saturated rings. The monoisotopic (exact) mass is 336 g/mol. The molecule has 5 nitrogen and oxygen atoms in total. The summed E-state index contributed by atoms with van der Waals surface area (Å²) in [7, 11) is -2.99. The number of benzene rings is 3. The van der Waals surface area contributed by atoms with Gasteiger partial charge in [-0.25, -0.2) is 8.42 Å². The zero-order valence-electron chi connectivity index (χ0n) is 12.4. The minimum atomic E-state index is -2.99. The van der Waals surface area contributed by atoms with Gasteiger partial charge in [0, 0.05) is 10.9 Å². The topological polar surface area (TPSA) is 87.6 Å². The minimum absolute atomic E-state index is 0.0276. The van der Waals surface area contributed by atoms with E-state index < -0.39 is 16.5 Å². The predicted octanol–water partition coefficient (Wildman–Crippen LogP) is 2.71. The van der Waals surface area contributed by atoms with E-state index in [-0.39, 0.29) is 16.2 Å². The van der Waals surface area contributed by atoms with Gasteiger partial charge in [-0.05, 0) is 11.5 Å². The van der Waals surface area contributed by atoms with Crippen LogP contribution in [0, 0.1) is 0 Å². The maximum absolute atomic E-state index is 12.6. The molecule has 0 heterocycles. The van der Waals surface area contributed by atoms with Gasteiger partial charge >= 0.3 is 5.71 Å². The molecule has 0 aromatic heterocycles. The first kappa shape index (κ1) is 15.8. The van der Waals surface area contributed by atoms with Crippen LogP contribution in [0.1, 0.15) is 15.9 Å². The number of nitrogens with zero attached hydrogens (tertiary/aromatic N) is 2. The predicted molar refractivity (Wildman–Crippen MR) is 91.0 cm³/mol. The zero-order chi connectivity index (χ0) is 17.1. The van der Waals surface area contributed by atoms with Gasteiger partial charge in [0.05, 0.1) is 10.5 Å². The quantitative estimate of drug-likeness (QED) is 0.261. The van der Waals surface area contributed by atoms with Crippen LogP contribution in [0.4, 0.5) is 0 Å². The van der Waals surface area contributed by atoms with Gasteiger partial charge in [0.2, 0.25) is 0 Å². The lowest BCUT2D eigenvalue weighted by Crippen LogP contribution is -2.18. The maximum Gasteiger partial charge on any atom is 0.371 e. The van der Waals surface area contributed by atoms with Gasteiger partial charge in [-0.15, -0.1) is 0 Å². The molecule has 0 aliphatic heterocycles. The highest BCUT2D eigenvalue weighted by atomic mass is 32.2. The second-order valence-electron chi connectivity index (χ2n) is 5.08. The van der Waals surface area contributed by atoms with E-state index in [4.69, 9.17) is 0 Å². The highest BCUT2D eigenvalue weighted by Crippen LogP contribution is 2.25. The van der Waals surface area contributed by atoms with Crippen molar-refractivity contribution in [1.29, 1.82) is 0 Å². The molecule has 0 saturated heterocycles. The third kappa shape index (κ3) is 2.76. The number of carbonyl (C=O) groups is 1. The normalized spacial score (nSPS) is 10.5. The first-order valence-electron chi connectivity index (χ1n) is 7.12.